The van der Waals surface area contributed by atoms with Gasteiger partial charge in [-0.25, -0.2) is 4.79 Å². The molecule has 1 atom stereocenters. The third-order valence-corrected chi connectivity index (χ3v) is 2.53. The lowest BCUT2D eigenvalue weighted by Crippen LogP contribution is -2.38. The maximum Gasteiger partial charge on any atom is 0.334 e. The van der Waals surface area contributed by atoms with E-state index in [4.69, 9.17) is 4.43 Å². The van der Waals surface area contributed by atoms with Gasteiger partial charge in [-0.1, -0.05) is 0 Å². The number of rotatable bonds is 5. The largest absolute Gasteiger partial charge is 0.469 e. The number of hydrogen-bond acceptors (Lipinski definition) is 5. The Morgan fingerprint density at radius 2 is 1.67 bits per heavy atom. The van der Waals surface area contributed by atoms with Crippen molar-refractivity contribution in [2.75, 3.05) is 14.2 Å². The van der Waals surface area contributed by atoms with Gasteiger partial charge in [0.25, 0.3) is 0 Å². The zero-order valence-corrected chi connectivity index (χ0v) is 10.8. The molecule has 5 nitrogen and oxygen atoms in total. The van der Waals surface area contributed by atoms with E-state index in [1.54, 1.807) is 0 Å². The Bertz CT molecular complexity index is 233. The molecule has 0 aromatic carbocycles. The van der Waals surface area contributed by atoms with Gasteiger partial charge in [0, 0.05) is 0 Å². The first-order chi connectivity index (χ1) is 6.80. The molecule has 0 amide bonds. The van der Waals surface area contributed by atoms with Gasteiger partial charge < -0.3 is 13.9 Å². The van der Waals surface area contributed by atoms with Crippen molar-refractivity contribution in [2.24, 2.45) is 0 Å². The molecule has 0 N–H and O–H groups in total. The highest BCUT2D eigenvalue weighted by Crippen LogP contribution is 2.12. The van der Waals surface area contributed by atoms with Crippen molar-refractivity contribution in [3.63, 3.8) is 0 Å². The van der Waals surface area contributed by atoms with Gasteiger partial charge in [-0.2, -0.15) is 0 Å². The molecule has 0 saturated heterocycles. The molecule has 0 rings (SSSR count). The number of hydrogen-bond donors (Lipinski definition) is 0. The van der Waals surface area contributed by atoms with E-state index in [1.165, 1.54) is 14.2 Å². The van der Waals surface area contributed by atoms with Crippen molar-refractivity contribution in [1.82, 2.24) is 0 Å². The summed E-state index contributed by atoms with van der Waals surface area (Å²) < 4.78 is 14.6. The molecule has 0 saturated carbocycles. The van der Waals surface area contributed by atoms with E-state index in [0.717, 1.165) is 0 Å². The zero-order valence-electron chi connectivity index (χ0n) is 9.83. The van der Waals surface area contributed by atoms with Gasteiger partial charge in [0.1, 0.15) is 0 Å². The topological polar surface area (TPSA) is 61.8 Å². The van der Waals surface area contributed by atoms with Gasteiger partial charge in [0.2, 0.25) is 0 Å². The third kappa shape index (κ3) is 6.24. The molecular weight excluding hydrogens is 216 g/mol. The number of methoxy groups -OCH3 is 2. The summed E-state index contributed by atoms with van der Waals surface area (Å²) in [6, 6.07) is 0. The molecule has 0 bridgehead atoms. The summed E-state index contributed by atoms with van der Waals surface area (Å²) in [5.74, 6) is -1.02. The number of carbonyl (C=O) groups excluding carboxylic acids is 2. The second-order valence-electron chi connectivity index (χ2n) is 4.02. The Morgan fingerprint density at radius 3 is 2.00 bits per heavy atom. The summed E-state index contributed by atoms with van der Waals surface area (Å²) in [5.41, 5.74) is 0. The second-order valence-corrected chi connectivity index (χ2v) is 8.48. The van der Waals surface area contributed by atoms with Crippen molar-refractivity contribution >= 4 is 20.3 Å². The molecule has 15 heavy (non-hydrogen) atoms. The smallest absolute Gasteiger partial charge is 0.334 e. The van der Waals surface area contributed by atoms with E-state index in [9.17, 15) is 9.59 Å². The monoisotopic (exact) mass is 234 g/mol. The van der Waals surface area contributed by atoms with Crippen LogP contribution in [0.3, 0.4) is 0 Å². The van der Waals surface area contributed by atoms with Gasteiger partial charge in [-0.05, 0) is 19.6 Å². The zero-order chi connectivity index (χ0) is 12.1. The van der Waals surface area contributed by atoms with Gasteiger partial charge in [-0.15, -0.1) is 0 Å². The van der Waals surface area contributed by atoms with E-state index >= 15 is 0 Å². The standard InChI is InChI=1S/C9H18O5Si/c1-12-8(10)6-7(9(11)13-2)14-15(3,4)5/h7H,6H2,1-5H3. The molecule has 0 aliphatic carbocycles. The summed E-state index contributed by atoms with van der Waals surface area (Å²) in [6.07, 6.45) is -0.956. The molecule has 88 valence electrons. The van der Waals surface area contributed by atoms with Crippen molar-refractivity contribution < 1.29 is 23.5 Å². The van der Waals surface area contributed by atoms with Crippen molar-refractivity contribution in [3.8, 4) is 0 Å². The van der Waals surface area contributed by atoms with E-state index in [0.29, 0.717) is 0 Å². The fraction of sp³-hybridized carbons (Fsp3) is 0.778. The Kier molecular flexibility index (Phi) is 5.52. The van der Waals surface area contributed by atoms with Gasteiger partial charge in [0.15, 0.2) is 14.4 Å². The van der Waals surface area contributed by atoms with Crippen LogP contribution < -0.4 is 0 Å². The maximum absolute atomic E-state index is 11.3. The Balaban J connectivity index is 4.45. The lowest BCUT2D eigenvalue weighted by molar-refractivity contribution is -0.155. The van der Waals surface area contributed by atoms with E-state index in [1.807, 2.05) is 19.6 Å². The third-order valence-electron chi connectivity index (χ3n) is 1.54. The molecule has 0 aliphatic heterocycles. The molecular formula is C9H18O5Si. The molecule has 0 aromatic rings. The van der Waals surface area contributed by atoms with Crippen molar-refractivity contribution in [3.05, 3.63) is 0 Å². The molecule has 0 aliphatic rings. The summed E-state index contributed by atoms with van der Waals surface area (Å²) >= 11 is 0. The molecule has 6 heteroatoms. The van der Waals surface area contributed by atoms with Crippen LogP contribution >= 0.6 is 0 Å². The minimum atomic E-state index is -1.89. The summed E-state index contributed by atoms with van der Waals surface area (Å²) in [4.78, 5) is 22.3. The fourth-order valence-electron chi connectivity index (χ4n) is 0.966. The van der Waals surface area contributed by atoms with Crippen LogP contribution in [0.5, 0.6) is 0 Å². The van der Waals surface area contributed by atoms with Crippen LogP contribution in [0.1, 0.15) is 6.42 Å². The van der Waals surface area contributed by atoms with Gasteiger partial charge >= 0.3 is 11.9 Å². The Hall–Kier alpha value is -0.883. The molecule has 0 heterocycles. The number of ether oxygens (including phenoxy) is 2. The highest BCUT2D eigenvalue weighted by molar-refractivity contribution is 6.69. The number of esters is 2. The van der Waals surface area contributed by atoms with Crippen molar-refractivity contribution in [1.29, 1.82) is 0 Å². The minimum absolute atomic E-state index is 0.104. The highest BCUT2D eigenvalue weighted by atomic mass is 28.4. The first-order valence-electron chi connectivity index (χ1n) is 4.62. The summed E-state index contributed by atoms with van der Waals surface area (Å²) in [5, 5.41) is 0. The fourth-order valence-corrected chi connectivity index (χ4v) is 2.00. The average Bonchev–Trinajstić information content (AvgIpc) is 2.13. The van der Waals surface area contributed by atoms with Crippen LogP contribution in [0.4, 0.5) is 0 Å². The van der Waals surface area contributed by atoms with E-state index < -0.39 is 26.4 Å². The predicted molar refractivity (Wildman–Crippen MR) is 56.9 cm³/mol. The SMILES string of the molecule is COC(=O)CC(O[Si](C)(C)C)C(=O)OC. The van der Waals surface area contributed by atoms with E-state index in [-0.39, 0.29) is 6.42 Å². The molecule has 0 fully saturated rings. The predicted octanol–water partition coefficient (Wildman–Crippen LogP) is 0.943. The molecule has 0 aromatic heterocycles. The van der Waals surface area contributed by atoms with Crippen LogP contribution in [0.15, 0.2) is 0 Å². The average molecular weight is 234 g/mol. The van der Waals surface area contributed by atoms with Crippen molar-refractivity contribution in [2.45, 2.75) is 32.2 Å². The van der Waals surface area contributed by atoms with Gasteiger partial charge in [-0.3, -0.25) is 4.79 Å². The molecule has 1 unspecified atom stereocenters. The molecule has 0 spiro atoms. The second kappa shape index (κ2) is 5.87. The van der Waals surface area contributed by atoms with Crippen LogP contribution in [-0.2, 0) is 23.5 Å². The number of carbonyl (C=O) groups is 2. The first-order valence-corrected chi connectivity index (χ1v) is 8.03. The minimum Gasteiger partial charge on any atom is -0.469 e. The normalized spacial score (nSPS) is 13.1. The molecule has 0 radical (unpaired) electrons. The Labute approximate surface area is 90.8 Å². The lowest BCUT2D eigenvalue weighted by atomic mass is 10.2. The highest BCUT2D eigenvalue weighted by Gasteiger charge is 2.29. The lowest BCUT2D eigenvalue weighted by Gasteiger charge is -2.23. The van der Waals surface area contributed by atoms with Crippen LogP contribution in [0.2, 0.25) is 19.6 Å². The summed E-state index contributed by atoms with van der Waals surface area (Å²) in [6.45, 7) is 5.79. The quantitative estimate of drug-likeness (QED) is 0.523. The summed E-state index contributed by atoms with van der Waals surface area (Å²) in [7, 11) is 0.646. The van der Waals surface area contributed by atoms with Crippen LogP contribution in [-0.4, -0.2) is 40.6 Å². The van der Waals surface area contributed by atoms with Gasteiger partial charge in [0.05, 0.1) is 20.6 Å². The maximum atomic E-state index is 11.3. The van der Waals surface area contributed by atoms with Crippen LogP contribution in [0.25, 0.3) is 0 Å². The van der Waals surface area contributed by atoms with E-state index in [2.05, 4.69) is 9.47 Å². The van der Waals surface area contributed by atoms with Crippen LogP contribution in [0, 0.1) is 0 Å². The first kappa shape index (κ1) is 14.1. The Morgan fingerprint density at radius 1 is 1.13 bits per heavy atom.